The van der Waals surface area contributed by atoms with Crippen LogP contribution in [0.2, 0.25) is 0 Å². The van der Waals surface area contributed by atoms with E-state index in [9.17, 15) is 9.59 Å². The number of anilines is 1. The Kier molecular flexibility index (Phi) is 7.61. The Morgan fingerprint density at radius 3 is 2.37 bits per heavy atom. The number of aryl methyl sites for hydroxylation is 3. The molecule has 0 saturated carbocycles. The van der Waals surface area contributed by atoms with Gasteiger partial charge in [0.25, 0.3) is 5.91 Å². The first-order valence-corrected chi connectivity index (χ1v) is 14.8. The molecule has 2 unspecified atom stereocenters. The molecule has 0 N–H and O–H groups in total. The predicted octanol–water partition coefficient (Wildman–Crippen LogP) is 5.52. The molecule has 3 aromatic carbocycles. The molecule has 0 bridgehead atoms. The lowest BCUT2D eigenvalue weighted by Gasteiger charge is -2.56. The number of hydrogen-bond acceptors (Lipinski definition) is 6. The van der Waals surface area contributed by atoms with Gasteiger partial charge in [0, 0.05) is 17.0 Å². The summed E-state index contributed by atoms with van der Waals surface area (Å²) in [6.45, 7) is 6.18. The number of β-lactam (4-membered cyclic amide) rings is 1. The van der Waals surface area contributed by atoms with Crippen LogP contribution in [0.1, 0.15) is 53.4 Å². The van der Waals surface area contributed by atoms with Gasteiger partial charge in [0.1, 0.15) is 17.8 Å². The number of hydrogen-bond donors (Lipinski definition) is 0. The molecule has 8 heteroatoms. The van der Waals surface area contributed by atoms with Crippen LogP contribution in [0.25, 0.3) is 0 Å². The van der Waals surface area contributed by atoms with Crippen molar-refractivity contribution in [1.29, 1.82) is 0 Å². The third kappa shape index (κ3) is 5.01. The fraction of sp³-hybridized carbons (Fsp3) is 0.314. The molecule has 8 nitrogen and oxygen atoms in total. The number of carbonyl (C=O) groups is 2. The molecule has 1 aromatic heterocycles. The zero-order valence-electron chi connectivity index (χ0n) is 25.0. The fourth-order valence-electron chi connectivity index (χ4n) is 6.33. The summed E-state index contributed by atoms with van der Waals surface area (Å²) in [5.41, 5.74) is 5.06. The van der Waals surface area contributed by atoms with E-state index in [1.165, 1.54) is 5.56 Å². The second kappa shape index (κ2) is 11.5. The van der Waals surface area contributed by atoms with Gasteiger partial charge in [-0.3, -0.25) is 9.59 Å². The zero-order valence-corrected chi connectivity index (χ0v) is 25.0. The zero-order chi connectivity index (χ0) is 30.1. The van der Waals surface area contributed by atoms with Crippen molar-refractivity contribution in [2.24, 2.45) is 0 Å². The van der Waals surface area contributed by atoms with Gasteiger partial charge in [0.15, 0.2) is 0 Å². The van der Waals surface area contributed by atoms with E-state index >= 15 is 0 Å². The topological polar surface area (TPSA) is 84.9 Å². The lowest BCUT2D eigenvalue weighted by molar-refractivity contribution is -0.178. The average molecular weight is 577 g/mol. The van der Waals surface area contributed by atoms with Crippen molar-refractivity contribution in [1.82, 2.24) is 14.9 Å². The van der Waals surface area contributed by atoms with Crippen molar-refractivity contribution < 1.29 is 19.1 Å². The van der Waals surface area contributed by atoms with Gasteiger partial charge in [-0.05, 0) is 67.6 Å². The van der Waals surface area contributed by atoms with Crippen LogP contribution in [0.15, 0.2) is 78.9 Å². The van der Waals surface area contributed by atoms with Gasteiger partial charge in [0.2, 0.25) is 12.0 Å². The fourth-order valence-corrected chi connectivity index (χ4v) is 6.33. The molecule has 6 rings (SSSR count). The molecule has 0 aliphatic carbocycles. The van der Waals surface area contributed by atoms with Crippen LogP contribution in [0.5, 0.6) is 11.8 Å². The van der Waals surface area contributed by atoms with E-state index in [4.69, 9.17) is 9.47 Å². The van der Waals surface area contributed by atoms with Crippen LogP contribution >= 0.6 is 0 Å². The maximum absolute atomic E-state index is 14.0. The number of para-hydroxylation sites is 1. The molecule has 0 radical (unpaired) electrons. The number of methoxy groups -OCH3 is 1. The minimum Gasteiger partial charge on any atom is -0.497 e. The highest BCUT2D eigenvalue weighted by Gasteiger charge is 2.67. The molecule has 220 valence electrons. The van der Waals surface area contributed by atoms with Gasteiger partial charge >= 0.3 is 6.01 Å². The van der Waals surface area contributed by atoms with Crippen LogP contribution in [0, 0.1) is 13.8 Å². The molecular formula is C35H36N4O4. The van der Waals surface area contributed by atoms with E-state index in [1.807, 2.05) is 80.6 Å². The summed E-state index contributed by atoms with van der Waals surface area (Å²) in [6, 6.07) is 25.9. The first kappa shape index (κ1) is 28.4. The number of unbranched alkanes of at least 4 members (excludes halogenated alkanes) is 1. The number of carbonyl (C=O) groups excluding carboxylic acids is 2. The maximum Gasteiger partial charge on any atom is 0.317 e. The van der Waals surface area contributed by atoms with Crippen molar-refractivity contribution in [3.63, 3.8) is 0 Å². The van der Waals surface area contributed by atoms with Gasteiger partial charge in [-0.15, -0.1) is 0 Å². The molecule has 3 heterocycles. The Bertz CT molecular complexity index is 1650. The Morgan fingerprint density at radius 1 is 0.907 bits per heavy atom. The normalized spacial score (nSPS) is 19.3. The van der Waals surface area contributed by atoms with Crippen molar-refractivity contribution >= 4 is 17.5 Å². The lowest BCUT2D eigenvalue weighted by atomic mass is 9.69. The van der Waals surface area contributed by atoms with Crippen LogP contribution < -0.4 is 14.4 Å². The van der Waals surface area contributed by atoms with Gasteiger partial charge in [0.05, 0.1) is 19.3 Å². The van der Waals surface area contributed by atoms with Crippen LogP contribution in [-0.2, 0) is 28.1 Å². The first-order chi connectivity index (χ1) is 20.8. The highest BCUT2D eigenvalue weighted by molar-refractivity contribution is 6.04. The minimum absolute atomic E-state index is 0.0869. The van der Waals surface area contributed by atoms with Crippen LogP contribution in [0.4, 0.5) is 5.69 Å². The first-order valence-electron chi connectivity index (χ1n) is 14.8. The highest BCUT2D eigenvalue weighted by atomic mass is 16.5. The van der Waals surface area contributed by atoms with E-state index < -0.39 is 11.6 Å². The quantitative estimate of drug-likeness (QED) is 0.244. The molecule has 2 amide bonds. The number of rotatable bonds is 9. The molecular weight excluding hydrogens is 540 g/mol. The smallest absolute Gasteiger partial charge is 0.317 e. The molecule has 1 saturated heterocycles. The van der Waals surface area contributed by atoms with E-state index in [0.29, 0.717) is 6.54 Å². The van der Waals surface area contributed by atoms with Crippen molar-refractivity contribution in [2.45, 2.75) is 58.2 Å². The van der Waals surface area contributed by atoms with Crippen molar-refractivity contribution in [3.05, 3.63) is 113 Å². The maximum atomic E-state index is 14.0. The molecule has 1 fully saturated rings. The number of ether oxygens (including phenoxy) is 2. The number of fused-ring (bicyclic) bond motifs is 3. The third-order valence-corrected chi connectivity index (χ3v) is 8.37. The molecule has 43 heavy (non-hydrogen) atoms. The summed E-state index contributed by atoms with van der Waals surface area (Å²) in [5.74, 6) is 0.314. The van der Waals surface area contributed by atoms with Crippen LogP contribution in [-0.4, -0.2) is 46.4 Å². The summed E-state index contributed by atoms with van der Waals surface area (Å²) in [4.78, 5) is 40.5. The largest absolute Gasteiger partial charge is 0.497 e. The second-order valence-corrected chi connectivity index (χ2v) is 11.3. The summed E-state index contributed by atoms with van der Waals surface area (Å²) in [6.07, 6.45) is 2.10. The number of amides is 2. The van der Waals surface area contributed by atoms with E-state index in [-0.39, 0.29) is 24.4 Å². The van der Waals surface area contributed by atoms with E-state index in [1.54, 1.807) is 16.9 Å². The van der Waals surface area contributed by atoms with Gasteiger partial charge in [-0.1, -0.05) is 67.9 Å². The second-order valence-electron chi connectivity index (χ2n) is 11.3. The number of nitrogens with zero attached hydrogens (tertiary/aromatic N) is 4. The molecule has 2 atom stereocenters. The molecule has 2 aliphatic heterocycles. The molecule has 0 spiro atoms. The Hall–Kier alpha value is -4.72. The van der Waals surface area contributed by atoms with E-state index in [2.05, 4.69) is 29.0 Å². The SMILES string of the molecule is CCCCc1cccc(C23c4ccccc4N(Cc4ccc(OC)cc4)C(=O)CN2C(=O)C3Oc2nc(C)cc(C)n2)c1. The standard InChI is InChI=1S/C35H36N4O4/c1-5-6-10-25-11-9-12-27(20-25)35-29-13-7-8-14-30(29)38(21-26-15-17-28(42-4)18-16-26)31(40)22-39(35)33(41)32(35)43-34-36-23(2)19-24(3)37-34/h7-9,11-20,32H,5-6,10,21-22H2,1-4H3. The van der Waals surface area contributed by atoms with Crippen LogP contribution in [0.3, 0.4) is 0 Å². The number of benzene rings is 3. The number of aromatic nitrogens is 2. The van der Waals surface area contributed by atoms with Gasteiger partial charge < -0.3 is 19.3 Å². The van der Waals surface area contributed by atoms with Crippen molar-refractivity contribution in [3.8, 4) is 11.8 Å². The van der Waals surface area contributed by atoms with Crippen molar-refractivity contribution in [2.75, 3.05) is 18.6 Å². The Balaban J connectivity index is 1.52. The average Bonchev–Trinajstić information content (AvgIpc) is 3.10. The summed E-state index contributed by atoms with van der Waals surface area (Å²) >= 11 is 0. The monoisotopic (exact) mass is 576 g/mol. The Labute approximate surface area is 252 Å². The van der Waals surface area contributed by atoms with Gasteiger partial charge in [-0.2, -0.15) is 0 Å². The highest BCUT2D eigenvalue weighted by Crippen LogP contribution is 2.53. The molecule has 2 aliphatic rings. The van der Waals surface area contributed by atoms with Gasteiger partial charge in [-0.25, -0.2) is 9.97 Å². The minimum atomic E-state index is -1.05. The Morgan fingerprint density at radius 2 is 1.65 bits per heavy atom. The lowest BCUT2D eigenvalue weighted by Crippen LogP contribution is -2.74. The summed E-state index contributed by atoms with van der Waals surface area (Å²) in [7, 11) is 1.63. The van der Waals surface area contributed by atoms with E-state index in [0.717, 1.165) is 58.8 Å². The third-order valence-electron chi connectivity index (χ3n) is 8.37. The predicted molar refractivity (Wildman–Crippen MR) is 164 cm³/mol. The summed E-state index contributed by atoms with van der Waals surface area (Å²) < 4.78 is 11.8. The summed E-state index contributed by atoms with van der Waals surface area (Å²) in [5, 5.41) is 0. The molecule has 4 aromatic rings.